The van der Waals surface area contributed by atoms with Gasteiger partial charge in [-0.15, -0.1) is 11.3 Å². The predicted octanol–water partition coefficient (Wildman–Crippen LogP) is 2.85. The SMILES string of the molecule is C[C@@H](Cc1nc2ccccc2s1)NC[C@H](c1cnn(C)c1)N(C)C. The van der Waals surface area contributed by atoms with Crippen LogP contribution in [0.25, 0.3) is 10.2 Å². The second kappa shape index (κ2) is 7.42. The molecule has 6 heteroatoms. The summed E-state index contributed by atoms with van der Waals surface area (Å²) in [4.78, 5) is 6.96. The fourth-order valence-electron chi connectivity index (χ4n) is 2.86. The third-order valence-electron chi connectivity index (χ3n) is 4.21. The number of nitrogens with one attached hydrogen (secondary N) is 1. The summed E-state index contributed by atoms with van der Waals surface area (Å²) in [5.74, 6) is 0. The number of nitrogens with zero attached hydrogens (tertiary/aromatic N) is 4. The normalized spacial score (nSPS) is 14.4. The number of hydrogen-bond donors (Lipinski definition) is 1. The smallest absolute Gasteiger partial charge is 0.0954 e. The van der Waals surface area contributed by atoms with Crippen molar-refractivity contribution in [1.82, 2.24) is 25.0 Å². The Hall–Kier alpha value is -1.76. The van der Waals surface area contributed by atoms with E-state index in [1.165, 1.54) is 15.3 Å². The van der Waals surface area contributed by atoms with Crippen LogP contribution in [0.4, 0.5) is 0 Å². The van der Waals surface area contributed by atoms with Crippen molar-refractivity contribution < 1.29 is 0 Å². The number of rotatable bonds is 7. The number of aromatic nitrogens is 3. The van der Waals surface area contributed by atoms with E-state index < -0.39 is 0 Å². The number of benzene rings is 1. The van der Waals surface area contributed by atoms with E-state index in [-0.39, 0.29) is 0 Å². The Kier molecular flexibility index (Phi) is 5.28. The molecule has 0 saturated carbocycles. The largest absolute Gasteiger partial charge is 0.312 e. The lowest BCUT2D eigenvalue weighted by Crippen LogP contribution is -2.36. The molecule has 0 aliphatic carbocycles. The van der Waals surface area contributed by atoms with Gasteiger partial charge in [-0.3, -0.25) is 4.68 Å². The lowest BCUT2D eigenvalue weighted by Gasteiger charge is -2.25. The highest BCUT2D eigenvalue weighted by Crippen LogP contribution is 2.23. The van der Waals surface area contributed by atoms with Gasteiger partial charge in [0.2, 0.25) is 0 Å². The van der Waals surface area contributed by atoms with Crippen LogP contribution >= 0.6 is 11.3 Å². The maximum absolute atomic E-state index is 4.73. The van der Waals surface area contributed by atoms with Gasteiger partial charge in [0.15, 0.2) is 0 Å². The maximum atomic E-state index is 4.73. The average Bonchev–Trinajstić information content (AvgIpc) is 3.12. The standard InChI is InChI=1S/C18H25N5S/c1-13(9-18-21-15-7-5-6-8-17(15)24-18)19-11-16(22(2)3)14-10-20-23(4)12-14/h5-8,10,12-13,16,19H,9,11H2,1-4H3/t13-,16+/m0/s1. The molecule has 2 aromatic heterocycles. The van der Waals surface area contributed by atoms with E-state index in [1.54, 1.807) is 11.3 Å². The minimum atomic E-state index is 0.316. The summed E-state index contributed by atoms with van der Waals surface area (Å²) in [6, 6.07) is 9.03. The van der Waals surface area contributed by atoms with Crippen molar-refractivity contribution in [2.75, 3.05) is 20.6 Å². The van der Waals surface area contributed by atoms with Gasteiger partial charge in [0.25, 0.3) is 0 Å². The van der Waals surface area contributed by atoms with Crippen LogP contribution in [0, 0.1) is 0 Å². The van der Waals surface area contributed by atoms with E-state index in [9.17, 15) is 0 Å². The molecule has 24 heavy (non-hydrogen) atoms. The van der Waals surface area contributed by atoms with Gasteiger partial charge >= 0.3 is 0 Å². The van der Waals surface area contributed by atoms with E-state index in [1.807, 2.05) is 24.0 Å². The molecular weight excluding hydrogens is 318 g/mol. The van der Waals surface area contributed by atoms with E-state index in [4.69, 9.17) is 4.98 Å². The first-order valence-corrected chi connectivity index (χ1v) is 9.07. The summed E-state index contributed by atoms with van der Waals surface area (Å²) >= 11 is 1.79. The predicted molar refractivity (Wildman–Crippen MR) is 100 cm³/mol. The zero-order valence-corrected chi connectivity index (χ0v) is 15.5. The quantitative estimate of drug-likeness (QED) is 0.716. The Morgan fingerprint density at radius 1 is 1.29 bits per heavy atom. The van der Waals surface area contributed by atoms with E-state index >= 15 is 0 Å². The molecule has 2 heterocycles. The average molecular weight is 344 g/mol. The molecule has 5 nitrogen and oxygen atoms in total. The highest BCUT2D eigenvalue weighted by molar-refractivity contribution is 7.18. The molecular formula is C18H25N5S. The fourth-order valence-corrected chi connectivity index (χ4v) is 3.96. The van der Waals surface area contributed by atoms with E-state index in [2.05, 4.69) is 60.7 Å². The summed E-state index contributed by atoms with van der Waals surface area (Å²) in [6.45, 7) is 3.12. The van der Waals surface area contributed by atoms with Gasteiger partial charge in [-0.25, -0.2) is 4.98 Å². The molecule has 3 rings (SSSR count). The van der Waals surface area contributed by atoms with Gasteiger partial charge in [-0.05, 0) is 33.2 Å². The number of aryl methyl sites for hydroxylation is 1. The lowest BCUT2D eigenvalue weighted by molar-refractivity contribution is 0.281. The van der Waals surface area contributed by atoms with Crippen LogP contribution < -0.4 is 5.32 Å². The van der Waals surface area contributed by atoms with E-state index in [0.29, 0.717) is 12.1 Å². The number of likely N-dealkylation sites (N-methyl/N-ethyl adjacent to an activating group) is 1. The van der Waals surface area contributed by atoms with Crippen molar-refractivity contribution in [1.29, 1.82) is 0 Å². The molecule has 0 bridgehead atoms. The Balaban J connectivity index is 1.60. The Morgan fingerprint density at radius 2 is 2.08 bits per heavy atom. The minimum absolute atomic E-state index is 0.316. The number of hydrogen-bond acceptors (Lipinski definition) is 5. The molecule has 0 saturated heterocycles. The van der Waals surface area contributed by atoms with Gasteiger partial charge < -0.3 is 10.2 Å². The Labute approximate surface area is 147 Å². The molecule has 0 amide bonds. The van der Waals surface area contributed by atoms with Gasteiger partial charge in [0.1, 0.15) is 0 Å². The second-order valence-corrected chi connectivity index (χ2v) is 7.63. The first-order chi connectivity index (χ1) is 11.5. The van der Waals surface area contributed by atoms with Crippen molar-refractivity contribution in [2.45, 2.75) is 25.4 Å². The van der Waals surface area contributed by atoms with Crippen molar-refractivity contribution in [3.8, 4) is 0 Å². The molecule has 0 aliphatic rings. The molecule has 3 aromatic rings. The van der Waals surface area contributed by atoms with Crippen LogP contribution in [0.15, 0.2) is 36.7 Å². The summed E-state index contributed by atoms with van der Waals surface area (Å²) in [5.41, 5.74) is 2.34. The van der Waals surface area contributed by atoms with Gasteiger partial charge in [0.05, 0.1) is 21.4 Å². The van der Waals surface area contributed by atoms with E-state index in [0.717, 1.165) is 18.5 Å². The minimum Gasteiger partial charge on any atom is -0.312 e. The highest BCUT2D eigenvalue weighted by atomic mass is 32.1. The number of thiazole rings is 1. The van der Waals surface area contributed by atoms with Crippen LogP contribution in [0.3, 0.4) is 0 Å². The summed E-state index contributed by atoms with van der Waals surface area (Å²) in [6.07, 6.45) is 4.99. The molecule has 0 aliphatic heterocycles. The summed E-state index contributed by atoms with van der Waals surface area (Å²) in [5, 5.41) is 9.14. The molecule has 2 atom stereocenters. The van der Waals surface area contributed by atoms with Crippen LogP contribution in [0.2, 0.25) is 0 Å². The lowest BCUT2D eigenvalue weighted by atomic mass is 10.1. The van der Waals surface area contributed by atoms with Crippen molar-refractivity contribution in [2.24, 2.45) is 7.05 Å². The third-order valence-corrected chi connectivity index (χ3v) is 5.27. The van der Waals surface area contributed by atoms with Crippen LogP contribution in [0.1, 0.15) is 23.5 Å². The number of fused-ring (bicyclic) bond motifs is 1. The molecule has 128 valence electrons. The van der Waals surface area contributed by atoms with Gasteiger partial charge in [-0.1, -0.05) is 12.1 Å². The van der Waals surface area contributed by atoms with Crippen molar-refractivity contribution in [3.63, 3.8) is 0 Å². The molecule has 1 aromatic carbocycles. The van der Waals surface area contributed by atoms with Crippen LogP contribution in [-0.2, 0) is 13.5 Å². The Morgan fingerprint density at radius 3 is 2.75 bits per heavy atom. The Bertz CT molecular complexity index is 758. The first kappa shape index (κ1) is 17.1. The van der Waals surface area contributed by atoms with Crippen LogP contribution in [-0.4, -0.2) is 46.3 Å². The summed E-state index contributed by atoms with van der Waals surface area (Å²) in [7, 11) is 6.18. The molecule has 1 N–H and O–H groups in total. The molecule has 0 fully saturated rings. The maximum Gasteiger partial charge on any atom is 0.0954 e. The fraction of sp³-hybridized carbons (Fsp3) is 0.444. The highest BCUT2D eigenvalue weighted by Gasteiger charge is 2.17. The molecule has 0 spiro atoms. The summed E-state index contributed by atoms with van der Waals surface area (Å²) < 4.78 is 3.12. The zero-order chi connectivity index (χ0) is 17.1. The van der Waals surface area contributed by atoms with Gasteiger partial charge in [0, 0.05) is 43.9 Å². The molecule has 0 radical (unpaired) electrons. The van der Waals surface area contributed by atoms with Crippen LogP contribution in [0.5, 0.6) is 0 Å². The topological polar surface area (TPSA) is 46.0 Å². The monoisotopic (exact) mass is 343 g/mol. The molecule has 0 unspecified atom stereocenters. The van der Waals surface area contributed by atoms with Crippen molar-refractivity contribution in [3.05, 3.63) is 47.2 Å². The van der Waals surface area contributed by atoms with Gasteiger partial charge in [-0.2, -0.15) is 5.10 Å². The first-order valence-electron chi connectivity index (χ1n) is 8.25. The number of para-hydroxylation sites is 1. The van der Waals surface area contributed by atoms with Crippen molar-refractivity contribution >= 4 is 21.6 Å². The third kappa shape index (κ3) is 4.01. The second-order valence-electron chi connectivity index (χ2n) is 6.52. The zero-order valence-electron chi connectivity index (χ0n) is 14.7.